The molecule has 0 atom stereocenters. The second-order valence-corrected chi connectivity index (χ2v) is 8.75. The van der Waals surface area contributed by atoms with Crippen LogP contribution in [0, 0.1) is 6.92 Å². The average Bonchev–Trinajstić information content (AvgIpc) is 3.71. The van der Waals surface area contributed by atoms with Crippen LogP contribution in [0.5, 0.6) is 0 Å². The highest BCUT2D eigenvalue weighted by Gasteiger charge is 2.29. The molecular formula is C25H26N8. The minimum atomic E-state index is 0.580. The van der Waals surface area contributed by atoms with Crippen LogP contribution in [0.25, 0.3) is 22.3 Å². The highest BCUT2D eigenvalue weighted by molar-refractivity contribution is 5.94. The molecule has 33 heavy (non-hydrogen) atoms. The third-order valence-corrected chi connectivity index (χ3v) is 6.37. The van der Waals surface area contributed by atoms with Crippen LogP contribution < -0.4 is 15.5 Å². The fourth-order valence-corrected chi connectivity index (χ4v) is 4.40. The normalized spacial score (nSPS) is 16.2. The van der Waals surface area contributed by atoms with Crippen molar-refractivity contribution >= 4 is 28.2 Å². The van der Waals surface area contributed by atoms with E-state index in [0.717, 1.165) is 65.5 Å². The molecule has 1 saturated heterocycles. The van der Waals surface area contributed by atoms with Gasteiger partial charge in [-0.05, 0) is 55.0 Å². The predicted molar refractivity (Wildman–Crippen MR) is 130 cm³/mol. The first-order chi connectivity index (χ1) is 16.3. The molecule has 0 amide bonds. The van der Waals surface area contributed by atoms with Crippen LogP contribution in [0.1, 0.15) is 29.9 Å². The van der Waals surface area contributed by atoms with Gasteiger partial charge in [0.05, 0.1) is 23.6 Å². The van der Waals surface area contributed by atoms with E-state index < -0.39 is 0 Å². The van der Waals surface area contributed by atoms with Crippen LogP contribution in [0.2, 0.25) is 0 Å². The van der Waals surface area contributed by atoms with E-state index >= 15 is 0 Å². The molecule has 2 fully saturated rings. The SMILES string of the molecule is Cc1ccncc1Nc1cc(-c2nc(N3CCNCC3)c3c(C4CC4)cncc3n2)ccn1. The van der Waals surface area contributed by atoms with Crippen molar-refractivity contribution in [2.75, 3.05) is 36.4 Å². The van der Waals surface area contributed by atoms with E-state index in [-0.39, 0.29) is 0 Å². The van der Waals surface area contributed by atoms with Crippen LogP contribution in [-0.4, -0.2) is 51.1 Å². The maximum Gasteiger partial charge on any atom is 0.162 e. The number of fused-ring (bicyclic) bond motifs is 1. The predicted octanol–water partition coefficient (Wildman–Crippen LogP) is 3.82. The number of hydrogen-bond acceptors (Lipinski definition) is 8. The van der Waals surface area contributed by atoms with Crippen molar-refractivity contribution in [1.29, 1.82) is 0 Å². The Morgan fingerprint density at radius 2 is 1.88 bits per heavy atom. The Morgan fingerprint density at radius 3 is 2.70 bits per heavy atom. The van der Waals surface area contributed by atoms with Gasteiger partial charge in [0.1, 0.15) is 11.6 Å². The van der Waals surface area contributed by atoms with Crippen LogP contribution in [0.3, 0.4) is 0 Å². The van der Waals surface area contributed by atoms with Gasteiger partial charge in [-0.15, -0.1) is 0 Å². The summed E-state index contributed by atoms with van der Waals surface area (Å²) in [6.45, 7) is 5.82. The topological polar surface area (TPSA) is 91.8 Å². The third kappa shape index (κ3) is 3.98. The molecule has 1 saturated carbocycles. The first-order valence-electron chi connectivity index (χ1n) is 11.5. The summed E-state index contributed by atoms with van der Waals surface area (Å²) in [5.41, 5.74) is 5.16. The molecular weight excluding hydrogens is 412 g/mol. The highest BCUT2D eigenvalue weighted by atomic mass is 15.2. The van der Waals surface area contributed by atoms with Gasteiger partial charge >= 0.3 is 0 Å². The van der Waals surface area contributed by atoms with E-state index in [1.54, 1.807) is 12.4 Å². The second kappa shape index (κ2) is 8.37. The first kappa shape index (κ1) is 20.0. The number of piperazine rings is 1. The number of pyridine rings is 3. The first-order valence-corrected chi connectivity index (χ1v) is 11.5. The molecule has 0 spiro atoms. The Bertz CT molecular complexity index is 1310. The number of aromatic nitrogens is 5. The zero-order valence-corrected chi connectivity index (χ0v) is 18.6. The Morgan fingerprint density at radius 1 is 1.00 bits per heavy atom. The van der Waals surface area contributed by atoms with Crippen molar-refractivity contribution in [2.45, 2.75) is 25.7 Å². The molecule has 8 heteroatoms. The van der Waals surface area contributed by atoms with Gasteiger partial charge < -0.3 is 15.5 Å². The van der Waals surface area contributed by atoms with Crippen molar-refractivity contribution < 1.29 is 0 Å². The lowest BCUT2D eigenvalue weighted by Gasteiger charge is -2.30. The summed E-state index contributed by atoms with van der Waals surface area (Å²) in [5.74, 6) is 3.03. The molecule has 2 N–H and O–H groups in total. The molecule has 1 aliphatic carbocycles. The Balaban J connectivity index is 1.44. The summed E-state index contributed by atoms with van der Waals surface area (Å²) in [5, 5.41) is 7.98. The summed E-state index contributed by atoms with van der Waals surface area (Å²) in [7, 11) is 0. The molecule has 4 aromatic heterocycles. The summed E-state index contributed by atoms with van der Waals surface area (Å²) in [4.78, 5) is 25.7. The lowest BCUT2D eigenvalue weighted by atomic mass is 10.1. The molecule has 0 unspecified atom stereocenters. The van der Waals surface area contributed by atoms with E-state index in [1.807, 2.05) is 43.7 Å². The maximum absolute atomic E-state index is 5.12. The summed E-state index contributed by atoms with van der Waals surface area (Å²) < 4.78 is 0. The monoisotopic (exact) mass is 438 g/mol. The maximum atomic E-state index is 5.12. The minimum absolute atomic E-state index is 0.580. The van der Waals surface area contributed by atoms with Gasteiger partial charge in [0, 0.05) is 55.7 Å². The molecule has 5 heterocycles. The van der Waals surface area contributed by atoms with E-state index in [2.05, 4.69) is 30.5 Å². The summed E-state index contributed by atoms with van der Waals surface area (Å²) >= 11 is 0. The molecule has 1 aliphatic heterocycles. The molecule has 6 rings (SSSR count). The zero-order chi connectivity index (χ0) is 22.2. The largest absolute Gasteiger partial charge is 0.353 e. The third-order valence-electron chi connectivity index (χ3n) is 6.37. The van der Waals surface area contributed by atoms with Gasteiger partial charge in [-0.2, -0.15) is 0 Å². The second-order valence-electron chi connectivity index (χ2n) is 8.75. The number of nitrogens with zero attached hydrogens (tertiary/aromatic N) is 6. The van der Waals surface area contributed by atoms with Gasteiger partial charge in [0.15, 0.2) is 5.82 Å². The molecule has 166 valence electrons. The smallest absolute Gasteiger partial charge is 0.162 e. The standard InChI is InChI=1S/C25H26N8/c1-16-4-6-27-14-20(16)30-22-12-18(5-7-29-22)24-31-21-15-28-13-19(17-2-3-17)23(21)25(32-24)33-10-8-26-9-11-33/h4-7,12-15,17,26H,2-3,8-11H2,1H3,(H,29,30). The number of aryl methyl sites for hydroxylation is 1. The Labute approximate surface area is 192 Å². The van der Waals surface area contributed by atoms with Crippen molar-refractivity contribution in [1.82, 2.24) is 30.2 Å². The van der Waals surface area contributed by atoms with Gasteiger partial charge in [-0.1, -0.05) is 0 Å². The van der Waals surface area contributed by atoms with Gasteiger partial charge in [0.2, 0.25) is 0 Å². The van der Waals surface area contributed by atoms with Crippen molar-refractivity contribution in [3.63, 3.8) is 0 Å². The molecule has 0 aromatic carbocycles. The average molecular weight is 439 g/mol. The van der Waals surface area contributed by atoms with E-state index in [1.165, 1.54) is 18.4 Å². The van der Waals surface area contributed by atoms with Crippen LogP contribution in [0.15, 0.2) is 49.2 Å². The number of anilines is 3. The van der Waals surface area contributed by atoms with Crippen LogP contribution >= 0.6 is 0 Å². The van der Waals surface area contributed by atoms with Gasteiger partial charge in [-0.3, -0.25) is 9.97 Å². The van der Waals surface area contributed by atoms with Crippen molar-refractivity contribution in [2.24, 2.45) is 0 Å². The summed E-state index contributed by atoms with van der Waals surface area (Å²) in [6.07, 6.45) is 11.7. The molecule has 0 radical (unpaired) electrons. The molecule has 8 nitrogen and oxygen atoms in total. The van der Waals surface area contributed by atoms with E-state index in [9.17, 15) is 0 Å². The number of hydrogen-bond donors (Lipinski definition) is 2. The fourth-order valence-electron chi connectivity index (χ4n) is 4.40. The van der Waals surface area contributed by atoms with Crippen LogP contribution in [-0.2, 0) is 0 Å². The molecule has 2 aliphatic rings. The minimum Gasteiger partial charge on any atom is -0.353 e. The summed E-state index contributed by atoms with van der Waals surface area (Å²) in [6, 6.07) is 5.93. The lowest BCUT2D eigenvalue weighted by Crippen LogP contribution is -2.44. The lowest BCUT2D eigenvalue weighted by molar-refractivity contribution is 0.586. The number of rotatable bonds is 5. The zero-order valence-electron chi connectivity index (χ0n) is 18.6. The van der Waals surface area contributed by atoms with E-state index in [4.69, 9.17) is 9.97 Å². The quantitative estimate of drug-likeness (QED) is 0.486. The van der Waals surface area contributed by atoms with E-state index in [0.29, 0.717) is 11.7 Å². The Hall–Kier alpha value is -3.65. The van der Waals surface area contributed by atoms with Crippen molar-refractivity contribution in [3.8, 4) is 11.4 Å². The van der Waals surface area contributed by atoms with Gasteiger partial charge in [-0.25, -0.2) is 15.0 Å². The highest BCUT2D eigenvalue weighted by Crippen LogP contribution is 2.44. The van der Waals surface area contributed by atoms with Crippen molar-refractivity contribution in [3.05, 3.63) is 60.3 Å². The Kier molecular flexibility index (Phi) is 5.07. The van der Waals surface area contributed by atoms with Gasteiger partial charge in [0.25, 0.3) is 0 Å². The molecule has 4 aromatic rings. The molecule has 0 bridgehead atoms. The van der Waals surface area contributed by atoms with Crippen LogP contribution in [0.4, 0.5) is 17.3 Å². The number of nitrogens with one attached hydrogen (secondary N) is 2. The fraction of sp³-hybridized carbons (Fsp3) is 0.320.